The predicted molar refractivity (Wildman–Crippen MR) is 86.3 cm³/mol. The highest BCUT2D eigenvalue weighted by Gasteiger charge is 2.08. The Hall–Kier alpha value is -2.14. The lowest BCUT2D eigenvalue weighted by Gasteiger charge is -2.09. The van der Waals surface area contributed by atoms with Gasteiger partial charge in [-0.2, -0.15) is 0 Å². The number of rotatable bonds is 4. The monoisotopic (exact) mass is 346 g/mol. The quantitative estimate of drug-likeness (QED) is 0.893. The van der Waals surface area contributed by atoms with Gasteiger partial charge in [0.05, 0.1) is 6.54 Å². The van der Waals surface area contributed by atoms with Gasteiger partial charge in [0.25, 0.3) is 5.91 Å². The molecule has 0 unspecified atom stereocenters. The average molecular weight is 347 g/mol. The van der Waals surface area contributed by atoms with E-state index in [2.05, 4.69) is 26.6 Å². The van der Waals surface area contributed by atoms with Gasteiger partial charge >= 0.3 is 0 Å². The van der Waals surface area contributed by atoms with Crippen molar-refractivity contribution in [3.05, 3.63) is 64.1 Å². The van der Waals surface area contributed by atoms with Gasteiger partial charge in [0, 0.05) is 15.7 Å². The number of carbonyl (C=O) groups excluding carboxylic acids is 2. The van der Waals surface area contributed by atoms with Gasteiger partial charge in [-0.3, -0.25) is 9.59 Å². The van der Waals surface area contributed by atoms with E-state index in [0.717, 1.165) is 15.7 Å². The summed E-state index contributed by atoms with van der Waals surface area (Å²) < 4.78 is 0.954. The second-order valence-electron chi connectivity index (χ2n) is 4.56. The van der Waals surface area contributed by atoms with E-state index in [1.807, 2.05) is 31.2 Å². The number of hydrogen-bond donors (Lipinski definition) is 2. The normalized spacial score (nSPS) is 10.0. The minimum absolute atomic E-state index is 0.0662. The molecule has 5 heteroatoms. The molecule has 21 heavy (non-hydrogen) atoms. The molecule has 2 amide bonds. The lowest BCUT2D eigenvalue weighted by Crippen LogP contribution is -2.32. The summed E-state index contributed by atoms with van der Waals surface area (Å²) in [5.74, 6) is -0.525. The van der Waals surface area contributed by atoms with Gasteiger partial charge in [0.2, 0.25) is 5.91 Å². The molecule has 0 radical (unpaired) electrons. The number of halogens is 1. The maximum atomic E-state index is 11.8. The molecule has 0 saturated heterocycles. The first-order valence-corrected chi connectivity index (χ1v) is 7.25. The maximum absolute atomic E-state index is 11.8. The van der Waals surface area contributed by atoms with Crippen molar-refractivity contribution in [2.75, 3.05) is 11.9 Å². The Balaban J connectivity index is 1.89. The fourth-order valence-electron chi connectivity index (χ4n) is 1.81. The highest BCUT2D eigenvalue weighted by molar-refractivity contribution is 9.10. The van der Waals surface area contributed by atoms with Gasteiger partial charge in [-0.15, -0.1) is 0 Å². The topological polar surface area (TPSA) is 58.2 Å². The van der Waals surface area contributed by atoms with E-state index in [4.69, 9.17) is 0 Å². The van der Waals surface area contributed by atoms with Crippen molar-refractivity contribution >= 4 is 33.4 Å². The number of aryl methyl sites for hydroxylation is 1. The number of nitrogens with one attached hydrogen (secondary N) is 2. The zero-order chi connectivity index (χ0) is 15.2. The molecule has 0 aromatic heterocycles. The Morgan fingerprint density at radius 3 is 2.48 bits per heavy atom. The third-order valence-electron chi connectivity index (χ3n) is 2.91. The molecule has 2 aromatic carbocycles. The number of hydrogen-bond acceptors (Lipinski definition) is 2. The summed E-state index contributed by atoms with van der Waals surface area (Å²) in [5.41, 5.74) is 2.22. The number of benzene rings is 2. The first-order chi connectivity index (χ1) is 10.1. The Bertz CT molecular complexity index is 657. The van der Waals surface area contributed by atoms with Crippen molar-refractivity contribution in [3.8, 4) is 0 Å². The molecule has 4 nitrogen and oxygen atoms in total. The molecule has 0 aliphatic carbocycles. The van der Waals surface area contributed by atoms with Crippen LogP contribution in [0.1, 0.15) is 15.9 Å². The Kier molecular flexibility index (Phi) is 5.11. The predicted octanol–water partition coefficient (Wildman–Crippen LogP) is 3.13. The summed E-state index contributed by atoms with van der Waals surface area (Å²) in [6, 6.07) is 14.4. The molecule has 0 heterocycles. The van der Waals surface area contributed by atoms with Gasteiger partial charge in [-0.1, -0.05) is 34.1 Å². The third kappa shape index (κ3) is 4.43. The van der Waals surface area contributed by atoms with Crippen LogP contribution in [0.15, 0.2) is 53.0 Å². The first kappa shape index (κ1) is 15.3. The van der Waals surface area contributed by atoms with E-state index in [-0.39, 0.29) is 18.4 Å². The van der Waals surface area contributed by atoms with Crippen LogP contribution >= 0.6 is 15.9 Å². The van der Waals surface area contributed by atoms with Crippen LogP contribution in [0, 0.1) is 6.92 Å². The average Bonchev–Trinajstić information content (AvgIpc) is 2.48. The van der Waals surface area contributed by atoms with Gasteiger partial charge in [-0.25, -0.2) is 0 Å². The van der Waals surface area contributed by atoms with Crippen LogP contribution in [0.3, 0.4) is 0 Å². The molecule has 2 rings (SSSR count). The van der Waals surface area contributed by atoms with Crippen molar-refractivity contribution in [3.63, 3.8) is 0 Å². The Morgan fingerprint density at radius 2 is 1.81 bits per heavy atom. The minimum Gasteiger partial charge on any atom is -0.343 e. The molecule has 0 aliphatic heterocycles. The molecular weight excluding hydrogens is 332 g/mol. The molecular formula is C16H15BrN2O2. The van der Waals surface area contributed by atoms with Crippen LogP contribution in [-0.4, -0.2) is 18.4 Å². The lowest BCUT2D eigenvalue weighted by atomic mass is 10.2. The van der Waals surface area contributed by atoms with Crippen molar-refractivity contribution in [1.82, 2.24) is 5.32 Å². The smallest absolute Gasteiger partial charge is 0.251 e. The van der Waals surface area contributed by atoms with Crippen molar-refractivity contribution in [1.29, 1.82) is 0 Å². The summed E-state index contributed by atoms with van der Waals surface area (Å²) in [7, 11) is 0. The lowest BCUT2D eigenvalue weighted by molar-refractivity contribution is -0.115. The highest BCUT2D eigenvalue weighted by Crippen LogP contribution is 2.19. The second-order valence-corrected chi connectivity index (χ2v) is 5.47. The van der Waals surface area contributed by atoms with Crippen LogP contribution in [-0.2, 0) is 4.79 Å². The number of amides is 2. The van der Waals surface area contributed by atoms with Crippen LogP contribution in [0.25, 0.3) is 0 Å². The van der Waals surface area contributed by atoms with E-state index in [1.165, 1.54) is 0 Å². The Labute approximate surface area is 131 Å². The van der Waals surface area contributed by atoms with E-state index in [1.54, 1.807) is 24.3 Å². The Morgan fingerprint density at radius 1 is 1.10 bits per heavy atom. The van der Waals surface area contributed by atoms with E-state index >= 15 is 0 Å². The summed E-state index contributed by atoms with van der Waals surface area (Å²) in [5, 5.41) is 5.36. The van der Waals surface area contributed by atoms with Crippen LogP contribution in [0.5, 0.6) is 0 Å². The molecule has 0 bridgehead atoms. The molecule has 2 aromatic rings. The van der Waals surface area contributed by atoms with Crippen LogP contribution < -0.4 is 10.6 Å². The van der Waals surface area contributed by atoms with E-state index in [9.17, 15) is 9.59 Å². The highest BCUT2D eigenvalue weighted by atomic mass is 79.9. The molecule has 0 fully saturated rings. The van der Waals surface area contributed by atoms with Crippen molar-refractivity contribution in [2.45, 2.75) is 6.92 Å². The van der Waals surface area contributed by atoms with Crippen molar-refractivity contribution < 1.29 is 9.59 Å². The minimum atomic E-state index is -0.265. The van der Waals surface area contributed by atoms with Gasteiger partial charge in [0.1, 0.15) is 0 Å². The molecule has 0 saturated carbocycles. The molecule has 108 valence electrons. The molecule has 0 atom stereocenters. The fraction of sp³-hybridized carbons (Fsp3) is 0.125. The van der Waals surface area contributed by atoms with E-state index in [0.29, 0.717) is 5.56 Å². The second kappa shape index (κ2) is 7.04. The van der Waals surface area contributed by atoms with Gasteiger partial charge in [0.15, 0.2) is 0 Å². The standard InChI is InChI=1S/C16H15BrN2O2/c1-11-9-13(17)7-8-14(11)19-15(20)10-18-16(21)12-5-3-2-4-6-12/h2-9H,10H2,1H3,(H,18,21)(H,19,20). The zero-order valence-electron chi connectivity index (χ0n) is 11.5. The first-order valence-electron chi connectivity index (χ1n) is 6.45. The summed E-state index contributed by atoms with van der Waals surface area (Å²) in [6.45, 7) is 1.84. The van der Waals surface area contributed by atoms with E-state index < -0.39 is 0 Å². The van der Waals surface area contributed by atoms with Crippen molar-refractivity contribution in [2.24, 2.45) is 0 Å². The summed E-state index contributed by atoms with van der Waals surface area (Å²) in [6.07, 6.45) is 0. The SMILES string of the molecule is Cc1cc(Br)ccc1NC(=O)CNC(=O)c1ccccc1. The molecule has 0 spiro atoms. The third-order valence-corrected chi connectivity index (χ3v) is 3.40. The summed E-state index contributed by atoms with van der Waals surface area (Å²) in [4.78, 5) is 23.7. The fourth-order valence-corrected chi connectivity index (χ4v) is 2.29. The van der Waals surface area contributed by atoms with Crippen LogP contribution in [0.4, 0.5) is 5.69 Å². The van der Waals surface area contributed by atoms with Crippen LogP contribution in [0.2, 0.25) is 0 Å². The summed E-state index contributed by atoms with van der Waals surface area (Å²) >= 11 is 3.37. The number of carbonyl (C=O) groups is 2. The van der Waals surface area contributed by atoms with Gasteiger partial charge in [-0.05, 0) is 42.8 Å². The van der Waals surface area contributed by atoms with Gasteiger partial charge < -0.3 is 10.6 Å². The molecule has 2 N–H and O–H groups in total. The molecule has 0 aliphatic rings. The largest absolute Gasteiger partial charge is 0.343 e. The number of anilines is 1. The maximum Gasteiger partial charge on any atom is 0.251 e. The zero-order valence-corrected chi connectivity index (χ0v) is 13.1.